The van der Waals surface area contributed by atoms with E-state index in [1.165, 1.54) is 11.9 Å². The Balaban J connectivity index is 2.17. The summed E-state index contributed by atoms with van der Waals surface area (Å²) in [6.07, 6.45) is -2.29. The maximum Gasteiger partial charge on any atom is 0.401 e. The van der Waals surface area contributed by atoms with Crippen LogP contribution < -0.4 is 5.32 Å². The second-order valence-electron chi connectivity index (χ2n) is 5.82. The van der Waals surface area contributed by atoms with Crippen molar-refractivity contribution in [2.24, 2.45) is 5.92 Å². The van der Waals surface area contributed by atoms with E-state index in [1.54, 1.807) is 0 Å². The fourth-order valence-electron chi connectivity index (χ4n) is 2.32. The maximum atomic E-state index is 12.2. The third-order valence-electron chi connectivity index (χ3n) is 3.08. The third kappa shape index (κ3) is 7.74. The molecular weight excluding hydrogens is 257 g/mol. The number of rotatable bonds is 7. The van der Waals surface area contributed by atoms with Gasteiger partial charge >= 0.3 is 6.18 Å². The van der Waals surface area contributed by atoms with Gasteiger partial charge in [0.25, 0.3) is 0 Å². The number of hydrogen-bond donors (Lipinski definition) is 1. The lowest BCUT2D eigenvalue weighted by molar-refractivity contribution is -0.146. The zero-order valence-corrected chi connectivity index (χ0v) is 12.0. The molecule has 0 aromatic rings. The van der Waals surface area contributed by atoms with Gasteiger partial charge in [0.15, 0.2) is 0 Å². The molecular formula is C13H25F3N2O. The number of nitrogens with zero attached hydrogens (tertiary/aromatic N) is 1. The molecule has 19 heavy (non-hydrogen) atoms. The van der Waals surface area contributed by atoms with Crippen molar-refractivity contribution in [3.63, 3.8) is 0 Å². The van der Waals surface area contributed by atoms with Crippen molar-refractivity contribution in [2.45, 2.75) is 45.1 Å². The Morgan fingerprint density at radius 1 is 1.26 bits per heavy atom. The summed E-state index contributed by atoms with van der Waals surface area (Å²) in [5.74, 6) is 0.593. The number of ether oxygens (including phenoxy) is 1. The number of halogens is 3. The minimum Gasteiger partial charge on any atom is -0.372 e. The van der Waals surface area contributed by atoms with E-state index < -0.39 is 12.7 Å². The van der Waals surface area contributed by atoms with Crippen LogP contribution in [0.25, 0.3) is 0 Å². The van der Waals surface area contributed by atoms with E-state index in [1.807, 2.05) is 0 Å². The summed E-state index contributed by atoms with van der Waals surface area (Å²) in [4.78, 5) is 1.29. The van der Waals surface area contributed by atoms with Crippen molar-refractivity contribution in [3.05, 3.63) is 0 Å². The highest BCUT2D eigenvalue weighted by molar-refractivity contribution is 4.78. The number of nitrogens with one attached hydrogen (secondary N) is 1. The molecule has 1 fully saturated rings. The molecule has 3 nitrogen and oxygen atoms in total. The largest absolute Gasteiger partial charge is 0.401 e. The third-order valence-corrected chi connectivity index (χ3v) is 3.08. The maximum absolute atomic E-state index is 12.2. The predicted octanol–water partition coefficient (Wildman–Crippen LogP) is 2.27. The molecule has 1 aliphatic rings. The summed E-state index contributed by atoms with van der Waals surface area (Å²) in [6.45, 7) is 5.48. The normalized spacial score (nSPS) is 24.6. The van der Waals surface area contributed by atoms with Crippen LogP contribution in [-0.2, 0) is 4.74 Å². The van der Waals surface area contributed by atoms with Crippen molar-refractivity contribution < 1.29 is 17.9 Å². The molecule has 0 aromatic carbocycles. The molecule has 0 aliphatic carbocycles. The quantitative estimate of drug-likeness (QED) is 0.775. The topological polar surface area (TPSA) is 24.5 Å². The Bertz CT molecular complexity index is 259. The average Bonchev–Trinajstić information content (AvgIpc) is 2.61. The standard InChI is InChI=1S/C13H25F3N2O/c1-10(2)6-17-7-11-4-5-12(19-11)8-18(3)9-13(14,15)16/h10-12,17H,4-9H2,1-3H3. The van der Waals surface area contributed by atoms with Crippen molar-refractivity contribution >= 4 is 0 Å². The first-order chi connectivity index (χ1) is 8.76. The number of likely N-dealkylation sites (N-methyl/N-ethyl adjacent to an activating group) is 1. The van der Waals surface area contributed by atoms with Crippen LogP contribution in [0.3, 0.4) is 0 Å². The molecule has 2 unspecified atom stereocenters. The van der Waals surface area contributed by atoms with Crippen LogP contribution >= 0.6 is 0 Å². The van der Waals surface area contributed by atoms with Crippen molar-refractivity contribution in [1.82, 2.24) is 10.2 Å². The van der Waals surface area contributed by atoms with E-state index in [4.69, 9.17) is 4.74 Å². The monoisotopic (exact) mass is 282 g/mol. The summed E-state index contributed by atoms with van der Waals surface area (Å²) in [7, 11) is 1.49. The van der Waals surface area contributed by atoms with E-state index in [0.29, 0.717) is 12.5 Å². The molecule has 1 saturated heterocycles. The smallest absolute Gasteiger partial charge is 0.372 e. The van der Waals surface area contributed by atoms with Crippen LogP contribution in [0.2, 0.25) is 0 Å². The Labute approximate surface area is 113 Å². The fraction of sp³-hybridized carbons (Fsp3) is 1.00. The molecule has 1 aliphatic heterocycles. The summed E-state index contributed by atoms with van der Waals surface area (Å²) in [5, 5.41) is 3.32. The van der Waals surface area contributed by atoms with Crippen LogP contribution in [0, 0.1) is 5.92 Å². The first-order valence-electron chi connectivity index (χ1n) is 6.87. The van der Waals surface area contributed by atoms with Gasteiger partial charge in [0.1, 0.15) is 0 Å². The van der Waals surface area contributed by atoms with E-state index in [0.717, 1.165) is 25.9 Å². The molecule has 6 heteroatoms. The molecule has 0 saturated carbocycles. The van der Waals surface area contributed by atoms with Gasteiger partial charge in [-0.3, -0.25) is 4.90 Å². The van der Waals surface area contributed by atoms with Crippen LogP contribution in [0.4, 0.5) is 13.2 Å². The van der Waals surface area contributed by atoms with Crippen molar-refractivity contribution in [2.75, 3.05) is 33.2 Å². The minimum atomic E-state index is -4.13. The Hall–Kier alpha value is -0.330. The Morgan fingerprint density at radius 3 is 2.47 bits per heavy atom. The molecule has 1 N–H and O–H groups in total. The molecule has 0 aromatic heterocycles. The highest BCUT2D eigenvalue weighted by atomic mass is 19.4. The molecule has 1 rings (SSSR count). The highest BCUT2D eigenvalue weighted by Crippen LogP contribution is 2.21. The van der Waals surface area contributed by atoms with Gasteiger partial charge in [-0.2, -0.15) is 13.2 Å². The lowest BCUT2D eigenvalue weighted by Crippen LogP contribution is -2.37. The zero-order valence-electron chi connectivity index (χ0n) is 12.0. The first-order valence-corrected chi connectivity index (χ1v) is 6.87. The number of hydrogen-bond acceptors (Lipinski definition) is 3. The average molecular weight is 282 g/mol. The Morgan fingerprint density at radius 2 is 1.89 bits per heavy atom. The lowest BCUT2D eigenvalue weighted by Gasteiger charge is -2.22. The van der Waals surface area contributed by atoms with Crippen molar-refractivity contribution in [1.29, 1.82) is 0 Å². The molecule has 114 valence electrons. The SMILES string of the molecule is CC(C)CNCC1CCC(CN(C)CC(F)(F)F)O1. The van der Waals surface area contributed by atoms with Gasteiger partial charge in [-0.1, -0.05) is 13.8 Å². The minimum absolute atomic E-state index is 0.0711. The van der Waals surface area contributed by atoms with Gasteiger partial charge < -0.3 is 10.1 Å². The summed E-state index contributed by atoms with van der Waals surface area (Å²) in [6, 6.07) is 0. The second-order valence-corrected chi connectivity index (χ2v) is 5.82. The van der Waals surface area contributed by atoms with Gasteiger partial charge in [0.05, 0.1) is 18.8 Å². The van der Waals surface area contributed by atoms with E-state index in [2.05, 4.69) is 19.2 Å². The zero-order chi connectivity index (χ0) is 14.5. The second kappa shape index (κ2) is 7.45. The molecule has 2 atom stereocenters. The lowest BCUT2D eigenvalue weighted by atomic mass is 10.2. The van der Waals surface area contributed by atoms with Gasteiger partial charge in [-0.15, -0.1) is 0 Å². The fourth-order valence-corrected chi connectivity index (χ4v) is 2.32. The molecule has 0 bridgehead atoms. The number of alkyl halides is 3. The van der Waals surface area contributed by atoms with Gasteiger partial charge in [0.2, 0.25) is 0 Å². The van der Waals surface area contributed by atoms with Crippen LogP contribution in [0.1, 0.15) is 26.7 Å². The molecule has 0 spiro atoms. The molecule has 0 radical (unpaired) electrons. The van der Waals surface area contributed by atoms with Crippen molar-refractivity contribution in [3.8, 4) is 0 Å². The Kier molecular flexibility index (Phi) is 6.56. The van der Waals surface area contributed by atoms with Gasteiger partial charge in [-0.25, -0.2) is 0 Å². The van der Waals surface area contributed by atoms with Crippen LogP contribution in [0.15, 0.2) is 0 Å². The predicted molar refractivity (Wildman–Crippen MR) is 69.2 cm³/mol. The van der Waals surface area contributed by atoms with Gasteiger partial charge in [-0.05, 0) is 32.4 Å². The van der Waals surface area contributed by atoms with Gasteiger partial charge in [0, 0.05) is 13.1 Å². The molecule has 0 amide bonds. The first kappa shape index (κ1) is 16.7. The van der Waals surface area contributed by atoms with Crippen LogP contribution in [-0.4, -0.2) is 56.5 Å². The van der Waals surface area contributed by atoms with Crippen LogP contribution in [0.5, 0.6) is 0 Å². The van der Waals surface area contributed by atoms with E-state index in [-0.39, 0.29) is 12.2 Å². The van der Waals surface area contributed by atoms with E-state index in [9.17, 15) is 13.2 Å². The summed E-state index contributed by atoms with van der Waals surface area (Å²) in [5.41, 5.74) is 0. The molecule has 1 heterocycles. The highest BCUT2D eigenvalue weighted by Gasteiger charge is 2.32. The summed E-state index contributed by atoms with van der Waals surface area (Å²) >= 11 is 0. The van der Waals surface area contributed by atoms with E-state index >= 15 is 0 Å². The summed E-state index contributed by atoms with van der Waals surface area (Å²) < 4.78 is 42.4.